The predicted octanol–water partition coefficient (Wildman–Crippen LogP) is 6.57. The molecule has 184 valence electrons. The lowest BCUT2D eigenvalue weighted by molar-refractivity contribution is -0.0167. The number of phenols is 1. The molecule has 3 heterocycles. The molecule has 3 aromatic carbocycles. The number of phenolic OH excluding ortho intramolecular Hbond substituents is 1. The third-order valence-corrected chi connectivity index (χ3v) is 6.66. The third-order valence-electron chi connectivity index (χ3n) is 6.66. The van der Waals surface area contributed by atoms with Crippen molar-refractivity contribution in [2.75, 3.05) is 19.2 Å². The van der Waals surface area contributed by atoms with Crippen molar-refractivity contribution < 1.29 is 28.4 Å². The smallest absolute Gasteiger partial charge is 0.189 e. The van der Waals surface area contributed by atoms with Crippen molar-refractivity contribution in [2.45, 2.75) is 32.9 Å². The molecule has 0 spiro atoms. The molecule has 0 saturated carbocycles. The van der Waals surface area contributed by atoms with Gasteiger partial charge >= 0.3 is 0 Å². The van der Waals surface area contributed by atoms with Gasteiger partial charge in [-0.15, -0.1) is 0 Å². The summed E-state index contributed by atoms with van der Waals surface area (Å²) in [5, 5.41) is 14.1. The van der Waals surface area contributed by atoms with Crippen LogP contribution in [0.5, 0.6) is 23.0 Å². The Hall–Kier alpha value is -3.97. The van der Waals surface area contributed by atoms with Crippen LogP contribution in [-0.2, 0) is 11.3 Å². The van der Waals surface area contributed by atoms with E-state index in [1.807, 2.05) is 18.2 Å². The maximum Gasteiger partial charge on any atom is 0.189 e. The van der Waals surface area contributed by atoms with Gasteiger partial charge in [0, 0.05) is 33.5 Å². The highest BCUT2D eigenvalue weighted by Crippen LogP contribution is 2.54. The topological polar surface area (TPSA) is 69.2 Å². The number of aromatic hydroxyl groups is 1. The Bertz CT molecular complexity index is 1490. The van der Waals surface area contributed by atoms with Crippen molar-refractivity contribution in [1.29, 1.82) is 0 Å². The summed E-state index contributed by atoms with van der Waals surface area (Å²) < 4.78 is 37.7. The highest BCUT2D eigenvalue weighted by molar-refractivity contribution is 6.02. The first-order chi connectivity index (χ1) is 17.3. The lowest BCUT2D eigenvalue weighted by Gasteiger charge is -2.35. The molecule has 6 nitrogen and oxygen atoms in total. The summed E-state index contributed by atoms with van der Waals surface area (Å²) in [5.41, 5.74) is 6.32. The van der Waals surface area contributed by atoms with E-state index in [0.717, 1.165) is 28.0 Å². The van der Waals surface area contributed by atoms with Crippen LogP contribution in [0.25, 0.3) is 28.5 Å². The van der Waals surface area contributed by atoms with Crippen LogP contribution in [0.15, 0.2) is 42.5 Å². The van der Waals surface area contributed by atoms with E-state index in [2.05, 4.69) is 32.2 Å². The van der Waals surface area contributed by atoms with Gasteiger partial charge in [0.15, 0.2) is 18.3 Å². The lowest BCUT2D eigenvalue weighted by Crippen LogP contribution is -2.32. The van der Waals surface area contributed by atoms with Crippen LogP contribution in [0.4, 0.5) is 10.1 Å². The molecule has 0 fully saturated rings. The minimum atomic E-state index is -0.382. The zero-order valence-electron chi connectivity index (χ0n) is 20.5. The van der Waals surface area contributed by atoms with Gasteiger partial charge in [0.25, 0.3) is 0 Å². The lowest BCUT2D eigenvalue weighted by atomic mass is 9.82. The summed E-state index contributed by atoms with van der Waals surface area (Å²) in [6.45, 7) is 6.67. The normalized spacial score (nSPS) is 17.9. The molecule has 3 aliphatic heterocycles. The highest BCUT2D eigenvalue weighted by Gasteiger charge is 2.33. The van der Waals surface area contributed by atoms with E-state index < -0.39 is 0 Å². The van der Waals surface area contributed by atoms with Crippen LogP contribution in [0, 0.1) is 5.82 Å². The van der Waals surface area contributed by atoms with Crippen LogP contribution in [0.2, 0.25) is 0 Å². The maximum atomic E-state index is 14.6. The van der Waals surface area contributed by atoms with E-state index in [-0.39, 0.29) is 30.5 Å². The predicted molar refractivity (Wildman–Crippen MR) is 137 cm³/mol. The molecule has 0 radical (unpaired) electrons. The van der Waals surface area contributed by atoms with Gasteiger partial charge in [-0.2, -0.15) is 0 Å². The van der Waals surface area contributed by atoms with Gasteiger partial charge < -0.3 is 29.4 Å². The molecular formula is C29H26FNO5. The molecule has 0 atom stereocenters. The zero-order valence-corrected chi connectivity index (χ0v) is 20.5. The summed E-state index contributed by atoms with van der Waals surface area (Å²) in [7, 11) is 1.52. The molecule has 0 aliphatic carbocycles. The second-order valence-electron chi connectivity index (χ2n) is 9.78. The summed E-state index contributed by atoms with van der Waals surface area (Å²) in [6, 6.07) is 10.1. The molecule has 2 N–H and O–H groups in total. The quantitative estimate of drug-likeness (QED) is 0.426. The standard InChI is InChI=1S/C29H26FNO5/c1-15-12-29(2,3)31-20-6-5-19-25(24(15)20)23(36-22-8-7-21(32)28(33-4)26(19)22)11-16-9-18(30)10-17-13-34-14-35-27(16)17/h5-12,31-32H,13-14H2,1-4H3/b23-11-. The van der Waals surface area contributed by atoms with Gasteiger partial charge in [-0.05, 0) is 62.8 Å². The Morgan fingerprint density at radius 2 is 1.94 bits per heavy atom. The second kappa shape index (κ2) is 8.03. The Balaban J connectivity index is 1.66. The molecule has 0 unspecified atom stereocenters. The summed E-state index contributed by atoms with van der Waals surface area (Å²) in [6.07, 6.45) is 3.98. The summed E-state index contributed by atoms with van der Waals surface area (Å²) >= 11 is 0. The monoisotopic (exact) mass is 487 g/mol. The fourth-order valence-electron chi connectivity index (χ4n) is 5.41. The van der Waals surface area contributed by atoms with Crippen LogP contribution in [-0.4, -0.2) is 24.5 Å². The van der Waals surface area contributed by atoms with E-state index in [4.69, 9.17) is 18.9 Å². The molecule has 3 aliphatic rings. The van der Waals surface area contributed by atoms with E-state index >= 15 is 0 Å². The number of hydrogen-bond donors (Lipinski definition) is 2. The largest absolute Gasteiger partial charge is 0.504 e. The fraction of sp³-hybridized carbons (Fsp3) is 0.241. The van der Waals surface area contributed by atoms with E-state index in [0.29, 0.717) is 39.7 Å². The van der Waals surface area contributed by atoms with Crippen molar-refractivity contribution in [2.24, 2.45) is 0 Å². The Morgan fingerprint density at radius 1 is 1.11 bits per heavy atom. The molecule has 0 amide bonds. The van der Waals surface area contributed by atoms with Gasteiger partial charge in [0.2, 0.25) is 0 Å². The molecule has 3 aromatic rings. The number of halogens is 1. The minimum absolute atomic E-state index is 0.0232. The van der Waals surface area contributed by atoms with Gasteiger partial charge in [-0.3, -0.25) is 0 Å². The fourth-order valence-corrected chi connectivity index (χ4v) is 5.41. The number of rotatable bonds is 2. The van der Waals surface area contributed by atoms with Gasteiger partial charge in [0.05, 0.1) is 24.8 Å². The number of hydrogen-bond acceptors (Lipinski definition) is 6. The van der Waals surface area contributed by atoms with E-state index in [9.17, 15) is 9.50 Å². The van der Waals surface area contributed by atoms with Crippen LogP contribution in [0.1, 0.15) is 43.0 Å². The Morgan fingerprint density at radius 3 is 2.75 bits per heavy atom. The van der Waals surface area contributed by atoms with Crippen molar-refractivity contribution in [1.82, 2.24) is 0 Å². The van der Waals surface area contributed by atoms with Crippen molar-refractivity contribution in [3.05, 3.63) is 70.5 Å². The van der Waals surface area contributed by atoms with Crippen molar-refractivity contribution in [3.8, 4) is 34.1 Å². The minimum Gasteiger partial charge on any atom is -0.504 e. The molecule has 36 heavy (non-hydrogen) atoms. The third kappa shape index (κ3) is 3.50. The van der Waals surface area contributed by atoms with Crippen LogP contribution < -0.4 is 19.5 Å². The average molecular weight is 488 g/mol. The first kappa shape index (κ1) is 22.5. The molecule has 0 saturated heterocycles. The van der Waals surface area contributed by atoms with Crippen molar-refractivity contribution in [3.63, 3.8) is 0 Å². The Kier molecular flexibility index (Phi) is 5.02. The molecule has 0 bridgehead atoms. The van der Waals surface area contributed by atoms with Crippen LogP contribution in [0.3, 0.4) is 0 Å². The average Bonchev–Trinajstić information content (AvgIpc) is 2.83. The summed E-state index contributed by atoms with van der Waals surface area (Å²) in [4.78, 5) is 0. The number of nitrogens with one attached hydrogen (secondary N) is 1. The number of fused-ring (bicyclic) bond motifs is 6. The van der Waals surface area contributed by atoms with Gasteiger partial charge in [-0.1, -0.05) is 12.1 Å². The van der Waals surface area contributed by atoms with E-state index in [1.165, 1.54) is 19.2 Å². The maximum absolute atomic E-state index is 14.6. The number of anilines is 1. The highest BCUT2D eigenvalue weighted by atomic mass is 19.1. The number of methoxy groups -OCH3 is 1. The molecule has 6 rings (SSSR count). The first-order valence-corrected chi connectivity index (χ1v) is 11.7. The number of allylic oxidation sites excluding steroid dienone is 1. The molecular weight excluding hydrogens is 461 g/mol. The van der Waals surface area contributed by atoms with Crippen molar-refractivity contribution >= 4 is 23.1 Å². The van der Waals surface area contributed by atoms with E-state index in [1.54, 1.807) is 12.1 Å². The van der Waals surface area contributed by atoms with Gasteiger partial charge in [0.1, 0.15) is 23.1 Å². The SMILES string of the molecule is COc1c(O)ccc2c1-c1ccc3c(c1/C(=C/c1cc(F)cc4c1OCOC4)O2)C(C)=CC(C)(C)N3. The zero-order chi connectivity index (χ0) is 25.2. The van der Waals surface area contributed by atoms with Crippen LogP contribution >= 0.6 is 0 Å². The molecule has 0 aromatic heterocycles. The number of benzene rings is 3. The summed E-state index contributed by atoms with van der Waals surface area (Å²) in [5.74, 6) is 1.62. The second-order valence-corrected chi connectivity index (χ2v) is 9.78. The molecule has 7 heteroatoms. The first-order valence-electron chi connectivity index (χ1n) is 11.7. The number of ether oxygens (including phenoxy) is 4. The Labute approximate surface area is 208 Å². The van der Waals surface area contributed by atoms with Gasteiger partial charge in [-0.25, -0.2) is 4.39 Å².